The molecule has 0 aromatic heterocycles. The molecule has 110 valence electrons. The maximum absolute atomic E-state index is 13.8. The maximum Gasteiger partial charge on any atom is 0.254 e. The van der Waals surface area contributed by atoms with Crippen LogP contribution in [0.2, 0.25) is 0 Å². The number of oxime groups is 1. The third-order valence-electron chi connectivity index (χ3n) is 3.55. The number of fused-ring (bicyclic) bond motifs is 1. The molecule has 2 rings (SSSR count). The summed E-state index contributed by atoms with van der Waals surface area (Å²) in [5.41, 5.74) is 5.88. The second-order valence-electron chi connectivity index (χ2n) is 4.76. The van der Waals surface area contributed by atoms with Crippen molar-refractivity contribution in [3.63, 3.8) is 0 Å². The number of nitrogens with two attached hydrogens (primary N) is 1. The summed E-state index contributed by atoms with van der Waals surface area (Å²) in [5.74, 6) is -0.781. The van der Waals surface area contributed by atoms with Gasteiger partial charge in [-0.1, -0.05) is 29.4 Å². The Hall–Kier alpha value is -2.63. The minimum absolute atomic E-state index is 0.0720. The van der Waals surface area contributed by atoms with Crippen LogP contribution in [-0.4, -0.2) is 34.9 Å². The first kappa shape index (κ1) is 14.8. The number of carbonyl (C=O) groups excluding carboxylic acids is 1. The minimum Gasteiger partial charge on any atom is -0.409 e. The Balaban J connectivity index is 2.47. The van der Waals surface area contributed by atoms with Crippen LogP contribution in [0.25, 0.3) is 10.8 Å². The second-order valence-corrected chi connectivity index (χ2v) is 4.76. The van der Waals surface area contributed by atoms with E-state index >= 15 is 0 Å². The number of benzene rings is 2. The molecule has 1 unspecified atom stereocenters. The molecule has 0 aliphatic heterocycles. The van der Waals surface area contributed by atoms with Gasteiger partial charge in [-0.2, -0.15) is 0 Å². The highest BCUT2D eigenvalue weighted by Gasteiger charge is 2.22. The third kappa shape index (κ3) is 2.65. The predicted octanol–water partition coefficient (Wildman–Crippen LogP) is 2.19. The van der Waals surface area contributed by atoms with Crippen molar-refractivity contribution in [2.45, 2.75) is 13.0 Å². The summed E-state index contributed by atoms with van der Waals surface area (Å²) in [6, 6.07) is 8.88. The first-order chi connectivity index (χ1) is 9.97. The molecule has 0 heterocycles. The number of hydrogen-bond acceptors (Lipinski definition) is 3. The Morgan fingerprint density at radius 2 is 1.90 bits per heavy atom. The topological polar surface area (TPSA) is 78.9 Å². The summed E-state index contributed by atoms with van der Waals surface area (Å²) >= 11 is 0. The summed E-state index contributed by atoms with van der Waals surface area (Å²) < 4.78 is 13.8. The van der Waals surface area contributed by atoms with E-state index in [0.29, 0.717) is 16.3 Å². The van der Waals surface area contributed by atoms with Crippen molar-refractivity contribution in [2.75, 3.05) is 7.05 Å². The number of amidine groups is 1. The van der Waals surface area contributed by atoms with E-state index in [4.69, 9.17) is 10.9 Å². The number of likely N-dealkylation sites (N-methyl/N-ethyl adjacent to an activating group) is 1. The Bertz CT molecular complexity index is 715. The molecule has 0 aliphatic rings. The zero-order chi connectivity index (χ0) is 15.6. The molecule has 2 aromatic carbocycles. The second kappa shape index (κ2) is 5.78. The van der Waals surface area contributed by atoms with Gasteiger partial charge in [0.25, 0.3) is 5.91 Å². The van der Waals surface area contributed by atoms with Crippen LogP contribution in [-0.2, 0) is 0 Å². The third-order valence-corrected chi connectivity index (χ3v) is 3.55. The summed E-state index contributed by atoms with van der Waals surface area (Å²) in [5, 5.41) is 12.5. The van der Waals surface area contributed by atoms with Gasteiger partial charge in [0.15, 0.2) is 5.84 Å². The molecule has 0 fully saturated rings. The maximum atomic E-state index is 13.8. The molecule has 5 nitrogen and oxygen atoms in total. The molecule has 0 saturated heterocycles. The molecular formula is C15H16FN3O2. The molecule has 0 spiro atoms. The lowest BCUT2D eigenvalue weighted by Crippen LogP contribution is -2.43. The molecular weight excluding hydrogens is 273 g/mol. The highest BCUT2D eigenvalue weighted by Crippen LogP contribution is 2.23. The van der Waals surface area contributed by atoms with Crippen LogP contribution < -0.4 is 5.73 Å². The van der Waals surface area contributed by atoms with Gasteiger partial charge in [-0.05, 0) is 24.4 Å². The van der Waals surface area contributed by atoms with Crippen LogP contribution in [0.3, 0.4) is 0 Å². The average Bonchev–Trinajstić information content (AvgIpc) is 2.52. The monoisotopic (exact) mass is 289 g/mol. The smallest absolute Gasteiger partial charge is 0.254 e. The molecule has 1 atom stereocenters. The van der Waals surface area contributed by atoms with Crippen LogP contribution in [0.4, 0.5) is 4.39 Å². The van der Waals surface area contributed by atoms with E-state index in [-0.39, 0.29) is 17.6 Å². The van der Waals surface area contributed by atoms with E-state index in [1.807, 2.05) is 0 Å². The molecule has 6 heteroatoms. The Morgan fingerprint density at radius 1 is 1.29 bits per heavy atom. The average molecular weight is 289 g/mol. The highest BCUT2D eigenvalue weighted by molar-refractivity contribution is 6.08. The van der Waals surface area contributed by atoms with Gasteiger partial charge in [0.05, 0.1) is 6.04 Å². The van der Waals surface area contributed by atoms with Crippen LogP contribution in [0.1, 0.15) is 17.3 Å². The van der Waals surface area contributed by atoms with Gasteiger partial charge in [-0.25, -0.2) is 4.39 Å². The SMILES string of the molecule is CC(/C(N)=N/O)N(C)C(=O)c1ccc(F)c2ccccc12. The molecule has 0 aliphatic carbocycles. The fraction of sp³-hybridized carbons (Fsp3) is 0.200. The van der Waals surface area contributed by atoms with Crippen molar-refractivity contribution in [2.24, 2.45) is 10.9 Å². The van der Waals surface area contributed by atoms with E-state index in [9.17, 15) is 9.18 Å². The summed E-state index contributed by atoms with van der Waals surface area (Å²) in [4.78, 5) is 13.9. The van der Waals surface area contributed by atoms with Crippen molar-refractivity contribution in [3.8, 4) is 0 Å². The van der Waals surface area contributed by atoms with Gasteiger partial charge < -0.3 is 15.8 Å². The first-order valence-corrected chi connectivity index (χ1v) is 6.39. The van der Waals surface area contributed by atoms with Crippen LogP contribution in [0.15, 0.2) is 41.6 Å². The van der Waals surface area contributed by atoms with Gasteiger partial charge >= 0.3 is 0 Å². The molecule has 0 saturated carbocycles. The zero-order valence-electron chi connectivity index (χ0n) is 11.7. The van der Waals surface area contributed by atoms with Gasteiger partial charge in [-0.15, -0.1) is 0 Å². The summed E-state index contributed by atoms with van der Waals surface area (Å²) in [6.45, 7) is 1.64. The summed E-state index contributed by atoms with van der Waals surface area (Å²) in [6.07, 6.45) is 0. The van der Waals surface area contributed by atoms with Crippen LogP contribution in [0, 0.1) is 5.82 Å². The normalized spacial score (nSPS) is 13.2. The highest BCUT2D eigenvalue weighted by atomic mass is 19.1. The molecule has 1 amide bonds. The number of hydrogen-bond donors (Lipinski definition) is 2. The zero-order valence-corrected chi connectivity index (χ0v) is 11.7. The van der Waals surface area contributed by atoms with Gasteiger partial charge in [0.1, 0.15) is 5.82 Å². The standard InChI is InChI=1S/C15H16FN3O2/c1-9(14(17)18-21)19(2)15(20)12-7-8-13(16)11-6-4-3-5-10(11)12/h3-9,21H,1-2H3,(H2,17,18). The molecule has 3 N–H and O–H groups in total. The number of amides is 1. The van der Waals surface area contributed by atoms with Crippen molar-refractivity contribution in [1.29, 1.82) is 0 Å². The first-order valence-electron chi connectivity index (χ1n) is 6.39. The predicted molar refractivity (Wildman–Crippen MR) is 78.9 cm³/mol. The van der Waals surface area contributed by atoms with E-state index in [1.165, 1.54) is 17.0 Å². The number of nitrogens with zero attached hydrogens (tertiary/aromatic N) is 2. The Kier molecular flexibility index (Phi) is 4.07. The lowest BCUT2D eigenvalue weighted by atomic mass is 10.0. The fourth-order valence-electron chi connectivity index (χ4n) is 2.10. The van der Waals surface area contributed by atoms with Crippen molar-refractivity contribution in [3.05, 3.63) is 47.8 Å². The Labute approximate surface area is 121 Å². The fourth-order valence-corrected chi connectivity index (χ4v) is 2.10. The molecule has 21 heavy (non-hydrogen) atoms. The lowest BCUT2D eigenvalue weighted by molar-refractivity contribution is 0.0778. The van der Waals surface area contributed by atoms with Crippen molar-refractivity contribution in [1.82, 2.24) is 4.90 Å². The lowest BCUT2D eigenvalue weighted by Gasteiger charge is -2.24. The van der Waals surface area contributed by atoms with Crippen molar-refractivity contribution < 1.29 is 14.4 Å². The van der Waals surface area contributed by atoms with Crippen LogP contribution in [0.5, 0.6) is 0 Å². The van der Waals surface area contributed by atoms with E-state index < -0.39 is 6.04 Å². The minimum atomic E-state index is -0.577. The van der Waals surface area contributed by atoms with Gasteiger partial charge in [0.2, 0.25) is 0 Å². The largest absolute Gasteiger partial charge is 0.409 e. The molecule has 0 radical (unpaired) electrons. The molecule has 2 aromatic rings. The summed E-state index contributed by atoms with van der Waals surface area (Å²) in [7, 11) is 1.54. The number of halogens is 1. The van der Waals surface area contributed by atoms with Crippen molar-refractivity contribution >= 4 is 22.5 Å². The number of carbonyl (C=O) groups is 1. The van der Waals surface area contributed by atoms with Gasteiger partial charge in [0, 0.05) is 18.0 Å². The quantitative estimate of drug-likeness (QED) is 0.393. The molecule has 0 bridgehead atoms. The number of rotatable bonds is 3. The van der Waals surface area contributed by atoms with E-state index in [0.717, 1.165) is 0 Å². The van der Waals surface area contributed by atoms with Gasteiger partial charge in [-0.3, -0.25) is 4.79 Å². The van der Waals surface area contributed by atoms with E-state index in [1.54, 1.807) is 38.2 Å². The van der Waals surface area contributed by atoms with Crippen LogP contribution >= 0.6 is 0 Å². The Morgan fingerprint density at radius 3 is 2.52 bits per heavy atom. The van der Waals surface area contributed by atoms with E-state index in [2.05, 4.69) is 5.16 Å².